The van der Waals surface area contributed by atoms with Crippen LogP contribution in [0, 0.1) is 0 Å². The van der Waals surface area contributed by atoms with Gasteiger partial charge in [-0.3, -0.25) is 4.79 Å². The number of esters is 1. The van der Waals surface area contributed by atoms with Gasteiger partial charge in [-0.15, -0.1) is 0 Å². The number of hydrogen-bond acceptors (Lipinski definition) is 3. The Morgan fingerprint density at radius 1 is 1.86 bits per heavy atom. The normalized spacial score (nSPS) is 6.57. The van der Waals surface area contributed by atoms with Crippen LogP contribution in [0.1, 0.15) is 0 Å². The van der Waals surface area contributed by atoms with Crippen molar-refractivity contribution in [3.8, 4) is 0 Å². The molecule has 0 N–H and O–H groups in total. The summed E-state index contributed by atoms with van der Waals surface area (Å²) in [6.07, 6.45) is 0. The van der Waals surface area contributed by atoms with Crippen molar-refractivity contribution in [2.75, 3.05) is 12.9 Å². The van der Waals surface area contributed by atoms with Crippen LogP contribution in [-0.2, 0) is 22.2 Å². The minimum Gasteiger partial charge on any atom is -0.782 e. The Hall–Kier alpha value is 1.46. The molecule has 0 aliphatic heterocycles. The van der Waals surface area contributed by atoms with E-state index in [0.29, 0.717) is 0 Å². The quantitative estimate of drug-likeness (QED) is 0.219. The van der Waals surface area contributed by atoms with E-state index in [4.69, 9.17) is 0 Å². The van der Waals surface area contributed by atoms with Gasteiger partial charge < -0.3 is 17.4 Å². The molecule has 0 spiro atoms. The van der Waals surface area contributed by atoms with Crippen molar-refractivity contribution in [1.82, 2.24) is 0 Å². The number of methoxy groups -OCH3 is 1. The summed E-state index contributed by atoms with van der Waals surface area (Å²) in [6.45, 7) is 0. The molecule has 0 radical (unpaired) electrons. The van der Waals surface area contributed by atoms with Crippen molar-refractivity contribution in [3.05, 3.63) is 0 Å². The molecule has 0 unspecified atom stereocenters. The zero-order chi connectivity index (χ0) is 4.99. The van der Waals surface area contributed by atoms with Crippen LogP contribution in [0.2, 0.25) is 0 Å². The van der Waals surface area contributed by atoms with Crippen LogP contribution in [-0.4, -0.2) is 18.8 Å². The van der Waals surface area contributed by atoms with E-state index >= 15 is 0 Å². The fourth-order valence-corrected chi connectivity index (χ4v) is 0.177. The smallest absolute Gasteiger partial charge is 0.782 e. The Balaban J connectivity index is 0. The Morgan fingerprint density at radius 3 is 2.29 bits per heavy atom. The van der Waals surface area contributed by atoms with Crippen LogP contribution >= 0.6 is 0 Å². The van der Waals surface area contributed by atoms with Crippen molar-refractivity contribution in [1.29, 1.82) is 0 Å². The first-order chi connectivity index (χ1) is 2.81. The first kappa shape index (κ1) is 11.3. The number of carbonyl (C=O) groups excluding carboxylic acids is 1. The van der Waals surface area contributed by atoms with E-state index < -0.39 is 0 Å². The van der Waals surface area contributed by atoms with Crippen LogP contribution in [0.4, 0.5) is 0 Å². The summed E-state index contributed by atoms with van der Waals surface area (Å²) in [7, 11) is 1.31. The van der Waals surface area contributed by atoms with Crippen LogP contribution in [0.25, 0.3) is 0 Å². The monoisotopic (exact) mass is 144 g/mol. The molecule has 0 aromatic heterocycles. The van der Waals surface area contributed by atoms with Gasteiger partial charge in [-0.05, 0) is 0 Å². The average Bonchev–Trinajstić information content (AvgIpc) is 1.65. The number of carbonyl (C=O) groups is 1. The van der Waals surface area contributed by atoms with Crippen molar-refractivity contribution >= 4 is 18.6 Å². The topological polar surface area (TPSA) is 26.3 Å². The van der Waals surface area contributed by atoms with Crippen molar-refractivity contribution in [3.63, 3.8) is 0 Å². The third kappa shape index (κ3) is 7.46. The summed E-state index contributed by atoms with van der Waals surface area (Å²) in [5.41, 5.74) is 0. The summed E-state index contributed by atoms with van der Waals surface area (Å²) in [5.74, 6) is -0.291. The fourth-order valence-electron chi connectivity index (χ4n) is 0.0589. The van der Waals surface area contributed by atoms with Crippen molar-refractivity contribution < 1.29 is 60.9 Å². The molecular formula is C3H5KO2S. The summed E-state index contributed by atoms with van der Waals surface area (Å²) in [4.78, 5) is 9.85. The van der Waals surface area contributed by atoms with Gasteiger partial charge in [0.2, 0.25) is 0 Å². The van der Waals surface area contributed by atoms with Gasteiger partial charge in [0, 0.05) is 0 Å². The van der Waals surface area contributed by atoms with Gasteiger partial charge >= 0.3 is 51.4 Å². The largest absolute Gasteiger partial charge is 1.00 e. The van der Waals surface area contributed by atoms with Gasteiger partial charge in [0.05, 0.1) is 7.11 Å². The third-order valence-corrected chi connectivity index (χ3v) is 0.581. The summed E-state index contributed by atoms with van der Waals surface area (Å²) < 4.78 is 4.16. The summed E-state index contributed by atoms with van der Waals surface area (Å²) in [6, 6.07) is 0. The molecular weight excluding hydrogens is 139 g/mol. The standard InChI is InChI=1S/C3H6O2S.K/c1-5-3(4)2-6;/h6H,2H2,1H3;/q;+1/p-1. The van der Waals surface area contributed by atoms with E-state index in [1.165, 1.54) is 7.11 Å². The predicted molar refractivity (Wildman–Crippen MR) is 24.2 cm³/mol. The summed E-state index contributed by atoms with van der Waals surface area (Å²) in [5, 5.41) is 0. The second-order valence-electron chi connectivity index (χ2n) is 0.720. The Kier molecular flexibility index (Phi) is 12.0. The molecule has 0 heterocycles. The SMILES string of the molecule is COC(=O)C[S-].[K+]. The van der Waals surface area contributed by atoms with E-state index in [9.17, 15) is 4.79 Å². The molecule has 0 saturated heterocycles. The molecule has 4 heteroatoms. The van der Waals surface area contributed by atoms with Gasteiger partial charge in [0.25, 0.3) is 5.97 Å². The van der Waals surface area contributed by atoms with E-state index in [1.54, 1.807) is 0 Å². The number of hydrogen-bond donors (Lipinski definition) is 0. The van der Waals surface area contributed by atoms with Gasteiger partial charge in [0.1, 0.15) is 0 Å². The van der Waals surface area contributed by atoms with Gasteiger partial charge in [-0.1, -0.05) is 5.75 Å². The molecule has 0 fully saturated rings. The second-order valence-corrected chi connectivity index (χ2v) is 1.01. The molecule has 2 nitrogen and oxygen atoms in total. The van der Waals surface area contributed by atoms with E-state index in [0.717, 1.165) is 0 Å². The van der Waals surface area contributed by atoms with E-state index in [-0.39, 0.29) is 63.1 Å². The maximum Gasteiger partial charge on any atom is 1.00 e. The second kappa shape index (κ2) is 7.46. The Morgan fingerprint density at radius 2 is 2.29 bits per heavy atom. The molecule has 0 aliphatic rings. The predicted octanol–water partition coefficient (Wildman–Crippen LogP) is -3.29. The van der Waals surface area contributed by atoms with E-state index in [2.05, 4.69) is 17.4 Å². The Labute approximate surface area is 90.8 Å². The third-order valence-electron chi connectivity index (χ3n) is 0.346. The molecule has 7 heavy (non-hydrogen) atoms. The molecule has 0 amide bonds. The first-order valence-electron chi connectivity index (χ1n) is 1.46. The van der Waals surface area contributed by atoms with Crippen molar-refractivity contribution in [2.45, 2.75) is 0 Å². The minimum atomic E-state index is -0.343. The van der Waals surface area contributed by atoms with Gasteiger partial charge in [-0.25, -0.2) is 0 Å². The number of ether oxygens (including phenoxy) is 1. The van der Waals surface area contributed by atoms with Crippen LogP contribution in [0.5, 0.6) is 0 Å². The summed E-state index contributed by atoms with van der Waals surface area (Å²) >= 11 is 4.30. The van der Waals surface area contributed by atoms with Gasteiger partial charge in [-0.2, -0.15) is 0 Å². The van der Waals surface area contributed by atoms with Gasteiger partial charge in [0.15, 0.2) is 0 Å². The van der Waals surface area contributed by atoms with E-state index in [1.807, 2.05) is 0 Å². The molecule has 0 aliphatic carbocycles. The maximum atomic E-state index is 9.85. The average molecular weight is 144 g/mol. The maximum absolute atomic E-state index is 9.85. The molecule has 0 rings (SSSR count). The molecule has 0 aromatic carbocycles. The van der Waals surface area contributed by atoms with Crippen molar-refractivity contribution in [2.24, 2.45) is 0 Å². The van der Waals surface area contributed by atoms with Crippen LogP contribution < -0.4 is 51.4 Å². The molecule has 0 atom stereocenters. The molecule has 0 bridgehead atoms. The number of rotatable bonds is 1. The molecule has 0 aromatic rings. The molecule has 0 saturated carbocycles. The minimum absolute atomic E-state index is 0. The molecule has 36 valence electrons. The fraction of sp³-hybridized carbons (Fsp3) is 0.667. The zero-order valence-electron chi connectivity index (χ0n) is 4.43. The zero-order valence-corrected chi connectivity index (χ0v) is 8.37. The first-order valence-corrected chi connectivity index (χ1v) is 2.04. The van der Waals surface area contributed by atoms with Crippen LogP contribution in [0.15, 0.2) is 0 Å². The van der Waals surface area contributed by atoms with Crippen LogP contribution in [0.3, 0.4) is 0 Å². The Bertz CT molecular complexity index is 50.9.